The molecule has 3 nitrogen and oxygen atoms in total. The van der Waals surface area contributed by atoms with Crippen LogP contribution in [-0.2, 0) is 11.8 Å². The summed E-state index contributed by atoms with van der Waals surface area (Å²) in [6, 6.07) is 7.57. The first-order valence-corrected chi connectivity index (χ1v) is 5.96. The Balaban J connectivity index is 2.68. The number of hydrogen-bond acceptors (Lipinski definition) is 2. The molecule has 0 aliphatic heterocycles. The molecule has 0 aliphatic carbocycles. The maximum atomic E-state index is 13.3. The van der Waals surface area contributed by atoms with Gasteiger partial charge in [0, 0.05) is 18.3 Å². The highest BCUT2D eigenvalue weighted by molar-refractivity contribution is 6.83. The van der Waals surface area contributed by atoms with Crippen molar-refractivity contribution >= 4 is 22.6 Å². The van der Waals surface area contributed by atoms with E-state index in [2.05, 4.69) is 0 Å². The molecule has 5 heteroatoms. The zero-order valence-corrected chi connectivity index (χ0v) is 11.2. The second kappa shape index (κ2) is 4.97. The number of carbonyl (C=O) groups is 2. The lowest BCUT2D eigenvalue weighted by atomic mass is 10.0. The van der Waals surface area contributed by atoms with Gasteiger partial charge in [-0.3, -0.25) is 9.59 Å². The van der Waals surface area contributed by atoms with Gasteiger partial charge in [-0.1, -0.05) is 12.1 Å². The van der Waals surface area contributed by atoms with Crippen molar-refractivity contribution < 1.29 is 14.0 Å². The largest absolute Gasteiger partial charge is 0.345 e. The van der Waals surface area contributed by atoms with Gasteiger partial charge in [0.25, 0.3) is 11.0 Å². The molecule has 0 radical (unpaired) electrons. The lowest BCUT2D eigenvalue weighted by Gasteiger charge is -2.05. The molecule has 2 rings (SSSR count). The van der Waals surface area contributed by atoms with E-state index in [1.807, 2.05) is 0 Å². The van der Waals surface area contributed by atoms with Gasteiger partial charge in [-0.05, 0) is 42.3 Å². The van der Waals surface area contributed by atoms with Crippen LogP contribution in [0.3, 0.4) is 0 Å². The van der Waals surface area contributed by atoms with E-state index in [0.29, 0.717) is 11.1 Å². The fourth-order valence-electron chi connectivity index (χ4n) is 1.97. The van der Waals surface area contributed by atoms with Gasteiger partial charge in [0.2, 0.25) is 0 Å². The molecule has 1 aromatic carbocycles. The van der Waals surface area contributed by atoms with Gasteiger partial charge < -0.3 is 4.57 Å². The van der Waals surface area contributed by atoms with E-state index in [0.717, 1.165) is 5.69 Å². The number of halogens is 2. The molecule has 0 aliphatic rings. The summed E-state index contributed by atoms with van der Waals surface area (Å²) < 4.78 is 14.8. The molecule has 0 atom stereocenters. The molecular formula is C14H11ClFNO2. The first-order chi connectivity index (χ1) is 8.91. The zero-order valence-electron chi connectivity index (χ0n) is 10.4. The van der Waals surface area contributed by atoms with Crippen LogP contribution in [-0.4, -0.2) is 15.6 Å². The van der Waals surface area contributed by atoms with Crippen LogP contribution in [0.5, 0.6) is 0 Å². The van der Waals surface area contributed by atoms with Crippen LogP contribution in [0.15, 0.2) is 30.3 Å². The third-order valence-corrected chi connectivity index (χ3v) is 3.17. The monoisotopic (exact) mass is 279 g/mol. The zero-order chi connectivity index (χ0) is 14.2. The van der Waals surface area contributed by atoms with Crippen LogP contribution in [0.1, 0.15) is 16.2 Å². The number of ketones is 1. The maximum Gasteiger partial charge on any atom is 0.294 e. The first-order valence-electron chi connectivity index (χ1n) is 5.58. The first kappa shape index (κ1) is 13.5. The van der Waals surface area contributed by atoms with Crippen molar-refractivity contribution in [3.63, 3.8) is 0 Å². The maximum absolute atomic E-state index is 13.3. The number of hydrogen-bond donors (Lipinski definition) is 0. The molecule has 0 bridgehead atoms. The lowest BCUT2D eigenvalue weighted by Crippen LogP contribution is -2.13. The molecule has 0 N–H and O–H groups in total. The van der Waals surface area contributed by atoms with Gasteiger partial charge in [-0.25, -0.2) is 4.39 Å². The molecule has 2 aromatic rings. The number of aryl methyl sites for hydroxylation is 1. The minimum Gasteiger partial charge on any atom is -0.345 e. The predicted molar refractivity (Wildman–Crippen MR) is 70.7 cm³/mol. The van der Waals surface area contributed by atoms with Gasteiger partial charge >= 0.3 is 0 Å². The Morgan fingerprint density at radius 3 is 2.53 bits per heavy atom. The third-order valence-electron chi connectivity index (χ3n) is 3.00. The summed E-state index contributed by atoms with van der Waals surface area (Å²) in [4.78, 5) is 22.9. The minimum atomic E-state index is -1.06. The Bertz CT molecular complexity index is 676. The second-order valence-electron chi connectivity index (χ2n) is 4.22. The highest BCUT2D eigenvalue weighted by Gasteiger charge is 2.23. The van der Waals surface area contributed by atoms with Crippen LogP contribution in [0.25, 0.3) is 11.1 Å². The SMILES string of the molecule is Cc1cc(-c2cccc(F)c2)c(C(=O)C(=O)Cl)n1C. The van der Waals surface area contributed by atoms with Crippen molar-refractivity contribution in [2.75, 3.05) is 0 Å². The van der Waals surface area contributed by atoms with Crippen LogP contribution >= 0.6 is 11.6 Å². The van der Waals surface area contributed by atoms with E-state index >= 15 is 0 Å². The standard InChI is InChI=1S/C14H11ClFNO2/c1-8-6-11(9-4-3-5-10(16)7-9)12(17(8)2)13(18)14(15)19/h3-7H,1-2H3. The molecule has 1 heterocycles. The average molecular weight is 280 g/mol. The van der Waals surface area contributed by atoms with Crippen molar-refractivity contribution in [2.24, 2.45) is 7.05 Å². The topological polar surface area (TPSA) is 39.1 Å². The van der Waals surface area contributed by atoms with E-state index < -0.39 is 16.8 Å². The highest BCUT2D eigenvalue weighted by atomic mass is 35.5. The summed E-state index contributed by atoms with van der Waals surface area (Å²) in [5.41, 5.74) is 1.98. The number of aromatic nitrogens is 1. The van der Waals surface area contributed by atoms with Crippen LogP contribution in [0.4, 0.5) is 4.39 Å². The quantitative estimate of drug-likeness (QED) is 0.492. The van der Waals surface area contributed by atoms with Crippen LogP contribution in [0, 0.1) is 12.7 Å². The molecule has 1 aromatic heterocycles. The van der Waals surface area contributed by atoms with E-state index in [1.165, 1.54) is 12.1 Å². The fourth-order valence-corrected chi connectivity index (χ4v) is 2.06. The Morgan fingerprint density at radius 1 is 1.26 bits per heavy atom. The smallest absolute Gasteiger partial charge is 0.294 e. The van der Waals surface area contributed by atoms with Crippen molar-refractivity contribution in [3.05, 3.63) is 47.5 Å². The summed E-state index contributed by atoms with van der Waals surface area (Å²) in [5.74, 6) is -1.20. The Morgan fingerprint density at radius 2 is 1.95 bits per heavy atom. The van der Waals surface area contributed by atoms with Gasteiger partial charge in [-0.2, -0.15) is 0 Å². The normalized spacial score (nSPS) is 10.5. The van der Waals surface area contributed by atoms with Crippen LogP contribution in [0.2, 0.25) is 0 Å². The molecule has 0 fully saturated rings. The van der Waals surface area contributed by atoms with Gasteiger partial charge in [-0.15, -0.1) is 0 Å². The van der Waals surface area contributed by atoms with Gasteiger partial charge in [0.05, 0.1) is 0 Å². The van der Waals surface area contributed by atoms with E-state index in [-0.39, 0.29) is 5.69 Å². The second-order valence-corrected chi connectivity index (χ2v) is 4.56. The molecule has 0 spiro atoms. The molecular weight excluding hydrogens is 269 g/mol. The summed E-state index contributed by atoms with van der Waals surface area (Å²) in [6.07, 6.45) is 0. The summed E-state index contributed by atoms with van der Waals surface area (Å²) in [7, 11) is 1.66. The van der Waals surface area contributed by atoms with Crippen molar-refractivity contribution in [2.45, 2.75) is 6.92 Å². The van der Waals surface area contributed by atoms with E-state index in [1.54, 1.807) is 36.7 Å². The summed E-state index contributed by atoms with van der Waals surface area (Å²) >= 11 is 5.26. The Hall–Kier alpha value is -1.94. The van der Waals surface area contributed by atoms with Crippen LogP contribution < -0.4 is 0 Å². The fraction of sp³-hybridized carbons (Fsp3) is 0.143. The average Bonchev–Trinajstić information content (AvgIpc) is 2.65. The van der Waals surface area contributed by atoms with Gasteiger partial charge in [0.1, 0.15) is 11.5 Å². The molecule has 0 unspecified atom stereocenters. The van der Waals surface area contributed by atoms with Crippen molar-refractivity contribution in [1.82, 2.24) is 4.57 Å². The molecule has 0 amide bonds. The number of rotatable bonds is 3. The summed E-state index contributed by atoms with van der Waals surface area (Å²) in [6.45, 7) is 1.79. The Kier molecular flexibility index (Phi) is 3.53. The van der Waals surface area contributed by atoms with Gasteiger partial charge in [0.15, 0.2) is 0 Å². The lowest BCUT2D eigenvalue weighted by molar-refractivity contribution is -0.108. The van der Waals surface area contributed by atoms with Crippen molar-refractivity contribution in [1.29, 1.82) is 0 Å². The molecule has 0 saturated heterocycles. The van der Waals surface area contributed by atoms with E-state index in [4.69, 9.17) is 11.6 Å². The number of benzene rings is 1. The minimum absolute atomic E-state index is 0.170. The predicted octanol–water partition coefficient (Wildman–Crippen LogP) is 3.09. The highest BCUT2D eigenvalue weighted by Crippen LogP contribution is 2.28. The third kappa shape index (κ3) is 2.44. The Labute approximate surface area is 114 Å². The molecule has 98 valence electrons. The number of nitrogens with zero attached hydrogens (tertiary/aromatic N) is 1. The molecule has 19 heavy (non-hydrogen) atoms. The number of Topliss-reactive ketones (excluding diaryl/α,β-unsaturated/α-hetero) is 1. The molecule has 0 saturated carbocycles. The number of carbonyl (C=O) groups excluding carboxylic acids is 2. The van der Waals surface area contributed by atoms with E-state index in [9.17, 15) is 14.0 Å². The van der Waals surface area contributed by atoms with Crippen molar-refractivity contribution in [3.8, 4) is 11.1 Å². The summed E-state index contributed by atoms with van der Waals surface area (Å²) in [5, 5.41) is -1.06.